The third-order valence-corrected chi connectivity index (χ3v) is 4.14. The second-order valence-electron chi connectivity index (χ2n) is 5.58. The quantitative estimate of drug-likeness (QED) is 0.904. The van der Waals surface area contributed by atoms with Gasteiger partial charge in [-0.25, -0.2) is 0 Å². The molecule has 1 aromatic rings. The average molecular weight is 261 g/mol. The van der Waals surface area contributed by atoms with Crippen LogP contribution >= 0.6 is 0 Å². The van der Waals surface area contributed by atoms with Crippen molar-refractivity contribution in [2.45, 2.75) is 44.8 Å². The van der Waals surface area contributed by atoms with Gasteiger partial charge in [-0.15, -0.1) is 0 Å². The standard InChI is InChI=1S/C16H23NO2/c1-12(17-11-15-4-2-3-8-18-15)13-5-6-16-14(10-13)7-9-19-16/h5-6,10,12,15,17H,2-4,7-9,11H2,1H3. The van der Waals surface area contributed by atoms with Gasteiger partial charge >= 0.3 is 0 Å². The molecule has 0 bridgehead atoms. The number of hydrogen-bond donors (Lipinski definition) is 1. The van der Waals surface area contributed by atoms with E-state index in [0.717, 1.165) is 31.9 Å². The zero-order valence-electron chi connectivity index (χ0n) is 11.7. The molecule has 3 rings (SSSR count). The summed E-state index contributed by atoms with van der Waals surface area (Å²) in [5.41, 5.74) is 2.69. The van der Waals surface area contributed by atoms with Crippen LogP contribution in [0.4, 0.5) is 0 Å². The van der Waals surface area contributed by atoms with E-state index in [1.54, 1.807) is 0 Å². The molecule has 1 fully saturated rings. The topological polar surface area (TPSA) is 30.5 Å². The van der Waals surface area contributed by atoms with Crippen molar-refractivity contribution >= 4 is 0 Å². The molecule has 3 nitrogen and oxygen atoms in total. The first-order chi connectivity index (χ1) is 9.33. The third-order valence-electron chi connectivity index (χ3n) is 4.14. The lowest BCUT2D eigenvalue weighted by atomic mass is 10.0. The van der Waals surface area contributed by atoms with Gasteiger partial charge in [0.15, 0.2) is 0 Å². The number of fused-ring (bicyclic) bond motifs is 1. The fraction of sp³-hybridized carbons (Fsp3) is 0.625. The van der Waals surface area contributed by atoms with Gasteiger partial charge in [0.25, 0.3) is 0 Å². The van der Waals surface area contributed by atoms with Crippen LogP contribution in [0, 0.1) is 0 Å². The molecule has 2 unspecified atom stereocenters. The first-order valence-electron chi connectivity index (χ1n) is 7.43. The lowest BCUT2D eigenvalue weighted by Gasteiger charge is -2.25. The molecule has 2 aliphatic heterocycles. The van der Waals surface area contributed by atoms with Gasteiger partial charge in [-0.1, -0.05) is 12.1 Å². The molecule has 3 heteroatoms. The zero-order valence-corrected chi connectivity index (χ0v) is 11.7. The smallest absolute Gasteiger partial charge is 0.122 e. The number of hydrogen-bond acceptors (Lipinski definition) is 3. The van der Waals surface area contributed by atoms with Gasteiger partial charge < -0.3 is 14.8 Å². The Bertz CT molecular complexity index is 427. The molecule has 0 saturated carbocycles. The van der Waals surface area contributed by atoms with E-state index in [2.05, 4.69) is 30.4 Å². The highest BCUT2D eigenvalue weighted by molar-refractivity contribution is 5.40. The number of benzene rings is 1. The van der Waals surface area contributed by atoms with Crippen molar-refractivity contribution in [2.75, 3.05) is 19.8 Å². The van der Waals surface area contributed by atoms with E-state index in [9.17, 15) is 0 Å². The van der Waals surface area contributed by atoms with Crippen molar-refractivity contribution in [2.24, 2.45) is 0 Å². The molecule has 2 aliphatic rings. The van der Waals surface area contributed by atoms with E-state index in [4.69, 9.17) is 9.47 Å². The summed E-state index contributed by atoms with van der Waals surface area (Å²) in [6.45, 7) is 4.93. The molecule has 0 aromatic heterocycles. The Kier molecular flexibility index (Phi) is 4.04. The van der Waals surface area contributed by atoms with Gasteiger partial charge in [-0.05, 0) is 43.4 Å². The number of nitrogens with one attached hydrogen (secondary N) is 1. The van der Waals surface area contributed by atoms with E-state index < -0.39 is 0 Å². The van der Waals surface area contributed by atoms with Crippen LogP contribution in [0.2, 0.25) is 0 Å². The van der Waals surface area contributed by atoms with Crippen molar-refractivity contribution in [3.05, 3.63) is 29.3 Å². The molecule has 104 valence electrons. The van der Waals surface area contributed by atoms with Gasteiger partial charge in [-0.3, -0.25) is 0 Å². The maximum atomic E-state index is 5.76. The van der Waals surface area contributed by atoms with Gasteiger partial charge in [0.05, 0.1) is 12.7 Å². The zero-order chi connectivity index (χ0) is 13.1. The minimum atomic E-state index is 0.372. The molecule has 2 atom stereocenters. The van der Waals surface area contributed by atoms with Crippen LogP contribution in [0.5, 0.6) is 5.75 Å². The third kappa shape index (κ3) is 3.10. The molecule has 2 heterocycles. The van der Waals surface area contributed by atoms with Gasteiger partial charge in [-0.2, -0.15) is 0 Å². The van der Waals surface area contributed by atoms with E-state index in [1.807, 2.05) is 0 Å². The van der Waals surface area contributed by atoms with Crippen LogP contribution in [0.25, 0.3) is 0 Å². The minimum Gasteiger partial charge on any atom is -0.493 e. The van der Waals surface area contributed by atoms with E-state index in [1.165, 1.54) is 30.4 Å². The molecule has 1 N–H and O–H groups in total. The van der Waals surface area contributed by atoms with Crippen LogP contribution < -0.4 is 10.1 Å². The summed E-state index contributed by atoms with van der Waals surface area (Å²) in [6.07, 6.45) is 5.15. The Hall–Kier alpha value is -1.06. The van der Waals surface area contributed by atoms with Crippen LogP contribution in [-0.2, 0) is 11.2 Å². The Morgan fingerprint density at radius 3 is 3.11 bits per heavy atom. The van der Waals surface area contributed by atoms with Gasteiger partial charge in [0.2, 0.25) is 0 Å². The SMILES string of the molecule is CC(NCC1CCCCO1)c1ccc2c(c1)CCO2. The van der Waals surface area contributed by atoms with Crippen LogP contribution in [-0.4, -0.2) is 25.9 Å². The first kappa shape index (κ1) is 12.9. The molecule has 19 heavy (non-hydrogen) atoms. The summed E-state index contributed by atoms with van der Waals surface area (Å²) >= 11 is 0. The van der Waals surface area contributed by atoms with E-state index in [0.29, 0.717) is 12.1 Å². The second-order valence-corrected chi connectivity index (χ2v) is 5.58. The fourth-order valence-corrected chi connectivity index (χ4v) is 2.87. The highest BCUT2D eigenvalue weighted by Crippen LogP contribution is 2.28. The van der Waals surface area contributed by atoms with Crippen molar-refractivity contribution in [1.29, 1.82) is 0 Å². The lowest BCUT2D eigenvalue weighted by Crippen LogP contribution is -2.33. The molecule has 1 saturated heterocycles. The van der Waals surface area contributed by atoms with E-state index >= 15 is 0 Å². The molecule has 0 aliphatic carbocycles. The Morgan fingerprint density at radius 2 is 2.26 bits per heavy atom. The summed E-state index contributed by atoms with van der Waals surface area (Å²) in [7, 11) is 0. The monoisotopic (exact) mass is 261 g/mol. The molecule has 1 aromatic carbocycles. The largest absolute Gasteiger partial charge is 0.493 e. The minimum absolute atomic E-state index is 0.372. The van der Waals surface area contributed by atoms with Gasteiger partial charge in [0, 0.05) is 25.6 Å². The van der Waals surface area contributed by atoms with Crippen LogP contribution in [0.15, 0.2) is 18.2 Å². The normalized spacial score (nSPS) is 23.7. The fourth-order valence-electron chi connectivity index (χ4n) is 2.87. The maximum Gasteiger partial charge on any atom is 0.122 e. The molecular formula is C16H23NO2. The summed E-state index contributed by atoms with van der Waals surface area (Å²) < 4.78 is 11.3. The number of ether oxygens (including phenoxy) is 2. The molecule has 0 spiro atoms. The van der Waals surface area contributed by atoms with Crippen molar-refractivity contribution in [3.8, 4) is 5.75 Å². The van der Waals surface area contributed by atoms with Crippen molar-refractivity contribution < 1.29 is 9.47 Å². The summed E-state index contributed by atoms with van der Waals surface area (Å²) in [6, 6.07) is 6.93. The predicted molar refractivity (Wildman–Crippen MR) is 75.6 cm³/mol. The highest BCUT2D eigenvalue weighted by atomic mass is 16.5. The van der Waals surface area contributed by atoms with Crippen LogP contribution in [0.1, 0.15) is 43.4 Å². The molecular weight excluding hydrogens is 238 g/mol. The Balaban J connectivity index is 1.56. The second kappa shape index (κ2) is 5.93. The molecule has 0 radical (unpaired) electrons. The summed E-state index contributed by atoms with van der Waals surface area (Å²) in [5.74, 6) is 1.06. The Labute approximate surface area is 115 Å². The Morgan fingerprint density at radius 1 is 1.32 bits per heavy atom. The van der Waals surface area contributed by atoms with Gasteiger partial charge in [0.1, 0.15) is 5.75 Å². The predicted octanol–water partition coefficient (Wildman–Crippen LogP) is 2.84. The molecule has 0 amide bonds. The number of rotatable bonds is 4. The lowest BCUT2D eigenvalue weighted by molar-refractivity contribution is 0.0156. The highest BCUT2D eigenvalue weighted by Gasteiger charge is 2.17. The maximum absolute atomic E-state index is 5.76. The first-order valence-corrected chi connectivity index (χ1v) is 7.43. The van der Waals surface area contributed by atoms with Crippen molar-refractivity contribution in [1.82, 2.24) is 5.32 Å². The van der Waals surface area contributed by atoms with Crippen molar-refractivity contribution in [3.63, 3.8) is 0 Å². The summed E-state index contributed by atoms with van der Waals surface area (Å²) in [5, 5.41) is 3.59. The van der Waals surface area contributed by atoms with Crippen LogP contribution in [0.3, 0.4) is 0 Å². The summed E-state index contributed by atoms with van der Waals surface area (Å²) in [4.78, 5) is 0. The average Bonchev–Trinajstić information content (AvgIpc) is 2.93. The van der Waals surface area contributed by atoms with E-state index in [-0.39, 0.29) is 0 Å².